The fourth-order valence-corrected chi connectivity index (χ4v) is 4.86. The van der Waals surface area contributed by atoms with Crippen LogP contribution in [-0.4, -0.2) is 11.5 Å². The summed E-state index contributed by atoms with van der Waals surface area (Å²) in [6.07, 6.45) is 2.25. The minimum absolute atomic E-state index is 0.180. The molecule has 16 heavy (non-hydrogen) atoms. The van der Waals surface area contributed by atoms with Gasteiger partial charge in [0.2, 0.25) is 0 Å². The number of rotatable bonds is 1. The van der Waals surface area contributed by atoms with Gasteiger partial charge in [0.1, 0.15) is 21.4 Å². The zero-order valence-corrected chi connectivity index (χ0v) is 11.3. The molecule has 0 radical (unpaired) electrons. The molecule has 1 fully saturated rings. The Bertz CT molecular complexity index is 401. The Kier molecular flexibility index (Phi) is 2.95. The molecule has 2 heteroatoms. The minimum Gasteiger partial charge on any atom is -0.0997 e. The van der Waals surface area contributed by atoms with Crippen molar-refractivity contribution in [3.05, 3.63) is 29.8 Å². The topological polar surface area (TPSA) is 17.1 Å². The minimum atomic E-state index is -1.69. The van der Waals surface area contributed by atoms with Gasteiger partial charge in [0, 0.05) is 0 Å². The van der Waals surface area contributed by atoms with Crippen molar-refractivity contribution < 1.29 is 4.21 Å². The zero-order valence-electron chi connectivity index (χ0n) is 10.5. The molecule has 1 aromatic rings. The first-order valence-electron chi connectivity index (χ1n) is 6.02. The van der Waals surface area contributed by atoms with Gasteiger partial charge in [-0.15, -0.1) is 0 Å². The summed E-state index contributed by atoms with van der Waals surface area (Å²) in [5, 5.41) is 0. The van der Waals surface area contributed by atoms with Crippen LogP contribution in [0.2, 0.25) is 0 Å². The molecule has 0 aromatic heterocycles. The van der Waals surface area contributed by atoms with Crippen molar-refractivity contribution in [3.63, 3.8) is 0 Å². The maximum Gasteiger partial charge on any atom is 0.158 e. The largest absolute Gasteiger partial charge is 0.158 e. The van der Waals surface area contributed by atoms with E-state index in [1.54, 1.807) is 0 Å². The van der Waals surface area contributed by atoms with E-state index in [1.165, 1.54) is 5.56 Å². The van der Waals surface area contributed by atoms with E-state index in [4.69, 9.17) is 0 Å². The standard InChI is InChI=1S/C14H21OS/c1-14(2,3)12-6-8-13(9-7-12)16(15)10-4-5-11-16/h6-9H,4-5,10-11H2,1-3H3/q+1. The van der Waals surface area contributed by atoms with Crippen molar-refractivity contribution in [1.82, 2.24) is 0 Å². The third kappa shape index (κ3) is 2.22. The average Bonchev–Trinajstić information content (AvgIpc) is 2.66. The summed E-state index contributed by atoms with van der Waals surface area (Å²) in [4.78, 5) is 1.07. The van der Waals surface area contributed by atoms with E-state index >= 15 is 0 Å². The molecule has 0 atom stereocenters. The molecule has 0 saturated carbocycles. The molecule has 88 valence electrons. The molecule has 1 aromatic carbocycles. The molecule has 1 aliphatic heterocycles. The van der Waals surface area contributed by atoms with Gasteiger partial charge in [-0.2, -0.15) is 0 Å². The molecule has 0 N–H and O–H groups in total. The van der Waals surface area contributed by atoms with E-state index in [2.05, 4.69) is 45.0 Å². The third-order valence-corrected chi connectivity index (χ3v) is 6.38. The number of hydrogen-bond acceptors (Lipinski definition) is 1. The van der Waals surface area contributed by atoms with Gasteiger partial charge in [0.25, 0.3) is 0 Å². The van der Waals surface area contributed by atoms with Gasteiger partial charge >= 0.3 is 0 Å². The summed E-state index contributed by atoms with van der Waals surface area (Å²) in [7, 11) is -1.69. The van der Waals surface area contributed by atoms with Gasteiger partial charge in [-0.05, 0) is 36.0 Å². The predicted octanol–water partition coefficient (Wildman–Crippen LogP) is 3.64. The summed E-state index contributed by atoms with van der Waals surface area (Å²) < 4.78 is 12.5. The van der Waals surface area contributed by atoms with Gasteiger partial charge in [-0.3, -0.25) is 0 Å². The van der Waals surface area contributed by atoms with Crippen molar-refractivity contribution in [2.45, 2.75) is 43.9 Å². The lowest BCUT2D eigenvalue weighted by Crippen LogP contribution is -2.15. The summed E-state index contributed by atoms with van der Waals surface area (Å²) in [5.74, 6) is 1.78. The van der Waals surface area contributed by atoms with Crippen LogP contribution in [0, 0.1) is 0 Å². The normalized spacial score (nSPS) is 19.9. The Hall–Kier alpha value is -0.630. The highest BCUT2D eigenvalue weighted by atomic mass is 32.2. The van der Waals surface area contributed by atoms with Crippen LogP contribution in [0.25, 0.3) is 0 Å². The molecule has 1 heterocycles. The molecule has 0 aliphatic carbocycles. The lowest BCUT2D eigenvalue weighted by atomic mass is 9.87. The second kappa shape index (κ2) is 3.99. The molecular formula is C14H21OS+. The van der Waals surface area contributed by atoms with Crippen molar-refractivity contribution >= 4 is 9.93 Å². The smallest absolute Gasteiger partial charge is 0.0997 e. The maximum atomic E-state index is 12.5. The lowest BCUT2D eigenvalue weighted by molar-refractivity contribution is 0.584. The van der Waals surface area contributed by atoms with E-state index in [0.717, 1.165) is 29.2 Å². The van der Waals surface area contributed by atoms with Gasteiger partial charge in [0.05, 0.1) is 0 Å². The van der Waals surface area contributed by atoms with Crippen LogP contribution in [0.3, 0.4) is 0 Å². The van der Waals surface area contributed by atoms with E-state index in [9.17, 15) is 4.21 Å². The molecule has 2 rings (SSSR count). The molecule has 1 aliphatic rings. The highest BCUT2D eigenvalue weighted by Gasteiger charge is 2.35. The van der Waals surface area contributed by atoms with E-state index in [-0.39, 0.29) is 5.41 Å². The Morgan fingerprint density at radius 2 is 1.50 bits per heavy atom. The van der Waals surface area contributed by atoms with Crippen LogP contribution in [-0.2, 0) is 19.6 Å². The van der Waals surface area contributed by atoms with Gasteiger partial charge in [-0.25, -0.2) is 0 Å². The van der Waals surface area contributed by atoms with Crippen molar-refractivity contribution in [2.24, 2.45) is 0 Å². The second-order valence-electron chi connectivity index (χ2n) is 5.70. The van der Waals surface area contributed by atoms with Crippen molar-refractivity contribution in [1.29, 1.82) is 0 Å². The molecule has 1 nitrogen and oxygen atoms in total. The molecule has 0 amide bonds. The quantitative estimate of drug-likeness (QED) is 0.682. The van der Waals surface area contributed by atoms with Gasteiger partial charge < -0.3 is 0 Å². The Labute approximate surface area is 99.7 Å². The first kappa shape index (κ1) is 11.8. The Balaban J connectivity index is 2.29. The summed E-state index contributed by atoms with van der Waals surface area (Å²) in [6.45, 7) is 6.62. The highest BCUT2D eigenvalue weighted by Crippen LogP contribution is 2.30. The first-order valence-corrected chi connectivity index (χ1v) is 7.92. The molecule has 0 spiro atoms. The van der Waals surface area contributed by atoms with Crippen molar-refractivity contribution in [2.75, 3.05) is 11.5 Å². The molecule has 0 bridgehead atoms. The maximum absolute atomic E-state index is 12.5. The van der Waals surface area contributed by atoms with Gasteiger partial charge in [-0.1, -0.05) is 37.1 Å². The first-order chi connectivity index (χ1) is 7.42. The predicted molar refractivity (Wildman–Crippen MR) is 70.4 cm³/mol. The van der Waals surface area contributed by atoms with Crippen LogP contribution in [0.1, 0.15) is 39.2 Å². The van der Waals surface area contributed by atoms with Crippen LogP contribution >= 0.6 is 0 Å². The van der Waals surface area contributed by atoms with Crippen LogP contribution in [0.5, 0.6) is 0 Å². The van der Waals surface area contributed by atoms with E-state index in [0.29, 0.717) is 0 Å². The SMILES string of the molecule is CC(C)(C)c1ccc([S+]2(=O)CCCC2)cc1. The lowest BCUT2D eigenvalue weighted by Gasteiger charge is -2.19. The fourth-order valence-electron chi connectivity index (χ4n) is 2.21. The molecule has 0 unspecified atom stereocenters. The molecular weight excluding hydrogens is 216 g/mol. The fraction of sp³-hybridized carbons (Fsp3) is 0.571. The monoisotopic (exact) mass is 237 g/mol. The molecule has 1 saturated heterocycles. The van der Waals surface area contributed by atoms with Crippen LogP contribution in [0.15, 0.2) is 29.2 Å². The number of benzene rings is 1. The summed E-state index contributed by atoms with van der Waals surface area (Å²) in [5.41, 5.74) is 1.50. The van der Waals surface area contributed by atoms with Crippen molar-refractivity contribution in [3.8, 4) is 0 Å². The summed E-state index contributed by atoms with van der Waals surface area (Å²) in [6, 6.07) is 8.43. The van der Waals surface area contributed by atoms with E-state index in [1.807, 2.05) is 0 Å². The highest BCUT2D eigenvalue weighted by molar-refractivity contribution is 8.03. The Morgan fingerprint density at radius 1 is 1.00 bits per heavy atom. The number of hydrogen-bond donors (Lipinski definition) is 0. The summed E-state index contributed by atoms with van der Waals surface area (Å²) >= 11 is 0. The Morgan fingerprint density at radius 3 is 1.94 bits per heavy atom. The van der Waals surface area contributed by atoms with E-state index < -0.39 is 9.93 Å². The third-order valence-electron chi connectivity index (χ3n) is 3.35. The van der Waals surface area contributed by atoms with Crippen LogP contribution < -0.4 is 0 Å². The van der Waals surface area contributed by atoms with Gasteiger partial charge in [0.15, 0.2) is 4.90 Å². The second-order valence-corrected chi connectivity index (χ2v) is 8.61. The zero-order chi connectivity index (χ0) is 11.8. The average molecular weight is 237 g/mol. The van der Waals surface area contributed by atoms with Crippen LogP contribution in [0.4, 0.5) is 0 Å².